The van der Waals surface area contributed by atoms with Crippen molar-refractivity contribution in [1.29, 1.82) is 0 Å². The summed E-state index contributed by atoms with van der Waals surface area (Å²) in [5.74, 6) is 0. The zero-order valence-electron chi connectivity index (χ0n) is 60.2. The van der Waals surface area contributed by atoms with E-state index in [1.165, 1.54) is 132 Å². The molecule has 0 N–H and O–H groups in total. The van der Waals surface area contributed by atoms with Crippen LogP contribution in [0.3, 0.4) is 0 Å². The van der Waals surface area contributed by atoms with Gasteiger partial charge in [-0.25, -0.2) is 0 Å². The summed E-state index contributed by atoms with van der Waals surface area (Å²) in [6.07, 6.45) is 3.31. The minimum absolute atomic E-state index is 1.10. The van der Waals surface area contributed by atoms with Crippen molar-refractivity contribution in [3.63, 3.8) is 0 Å². The van der Waals surface area contributed by atoms with Crippen molar-refractivity contribution >= 4 is 65.4 Å². The first-order valence-corrected chi connectivity index (χ1v) is 35.2. The highest BCUT2D eigenvalue weighted by molar-refractivity contribution is 6.09. The van der Waals surface area contributed by atoms with Crippen molar-refractivity contribution in [2.24, 2.45) is 21.1 Å². The minimum atomic E-state index is 1.10. The van der Waals surface area contributed by atoms with E-state index >= 15 is 0 Å². The van der Waals surface area contributed by atoms with E-state index in [0.29, 0.717) is 0 Å². The lowest BCUT2D eigenvalue weighted by molar-refractivity contribution is 1.01. The monoisotopic (exact) mass is 1250 g/mol. The molecule has 95 heavy (non-hydrogen) atoms. The molecule has 15 aromatic rings. The summed E-state index contributed by atoms with van der Waals surface area (Å²) in [4.78, 5) is 0. The molecule has 0 atom stereocenters. The Bertz CT molecular complexity index is 3970. The minimum Gasteiger partial charge on any atom is -0.344 e. The molecule has 488 valence electrons. The number of fused-ring (bicyclic) bond motifs is 18. The first-order valence-electron chi connectivity index (χ1n) is 35.2. The van der Waals surface area contributed by atoms with Crippen LogP contribution in [0.25, 0.3) is 98.8 Å². The van der Waals surface area contributed by atoms with Crippen LogP contribution in [0.2, 0.25) is 0 Å². The second-order valence-corrected chi connectivity index (χ2v) is 21.3. The molecule has 3 nitrogen and oxygen atoms in total. The summed E-state index contributed by atoms with van der Waals surface area (Å²) in [5.41, 5.74) is 25.1. The third-order valence-corrected chi connectivity index (χ3v) is 16.6. The van der Waals surface area contributed by atoms with E-state index in [0.717, 1.165) is 19.3 Å². The van der Waals surface area contributed by atoms with Crippen molar-refractivity contribution in [3.8, 4) is 33.4 Å². The van der Waals surface area contributed by atoms with Crippen LogP contribution in [0.5, 0.6) is 0 Å². The van der Waals surface area contributed by atoms with Crippen molar-refractivity contribution in [2.75, 3.05) is 0 Å². The Morgan fingerprint density at radius 2 is 0.274 bits per heavy atom. The van der Waals surface area contributed by atoms with Gasteiger partial charge in [0, 0.05) is 86.6 Å². The SMILES string of the molecule is CC.CC.CC.CC.CC.CC.CC.Cn1c2ccccc2c2ccccc21.Cn1c2ccccc2c2ccccc21.Cn1c2ccccc2c2ccccc21.c1ccc2c(c1)Cc1ccccc1-2.c1ccc2c(c1)Cc1ccccc1-2.c1ccc2c(c1)Cc1ccccc1-2. The second-order valence-electron chi connectivity index (χ2n) is 21.3. The normalized spacial score (nSPS) is 10.5. The molecule has 0 amide bonds. The Morgan fingerprint density at radius 1 is 0.158 bits per heavy atom. The molecule has 3 heterocycles. The summed E-state index contributed by atoms with van der Waals surface area (Å²) < 4.78 is 6.72. The maximum absolute atomic E-state index is 2.24. The number of nitrogens with zero attached hydrogens (tertiary/aromatic N) is 3. The van der Waals surface area contributed by atoms with Crippen LogP contribution < -0.4 is 0 Å². The van der Waals surface area contributed by atoms with Crippen LogP contribution in [0, 0.1) is 0 Å². The maximum atomic E-state index is 2.24. The maximum Gasteiger partial charge on any atom is 0.0488 e. The van der Waals surface area contributed by atoms with Crippen LogP contribution in [0.4, 0.5) is 0 Å². The van der Waals surface area contributed by atoms with Crippen LogP contribution in [0.1, 0.15) is 130 Å². The molecule has 12 aromatic carbocycles. The lowest BCUT2D eigenvalue weighted by Gasteiger charge is -1.98. The summed E-state index contributed by atoms with van der Waals surface area (Å²) in [6, 6.07) is 103. The molecule has 0 aliphatic heterocycles. The van der Waals surface area contributed by atoms with Gasteiger partial charge in [-0.1, -0.05) is 352 Å². The van der Waals surface area contributed by atoms with Crippen LogP contribution in [0.15, 0.2) is 291 Å². The van der Waals surface area contributed by atoms with E-state index in [1.54, 1.807) is 0 Å². The van der Waals surface area contributed by atoms with Crippen LogP contribution >= 0.6 is 0 Å². The molecule has 3 aliphatic carbocycles. The van der Waals surface area contributed by atoms with Crippen molar-refractivity contribution < 1.29 is 0 Å². The molecule has 3 aliphatic rings. The van der Waals surface area contributed by atoms with Gasteiger partial charge in [0.1, 0.15) is 0 Å². The van der Waals surface area contributed by atoms with Gasteiger partial charge < -0.3 is 13.7 Å². The summed E-state index contributed by atoms with van der Waals surface area (Å²) in [6.45, 7) is 28.0. The number of aryl methyl sites for hydroxylation is 3. The first-order chi connectivity index (χ1) is 47.0. The number of rotatable bonds is 0. The highest BCUT2D eigenvalue weighted by atomic mass is 14.9. The zero-order chi connectivity index (χ0) is 68.7. The summed E-state index contributed by atoms with van der Waals surface area (Å²) in [7, 11) is 6.35. The Hall–Kier alpha value is -9.96. The third kappa shape index (κ3) is 17.1. The topological polar surface area (TPSA) is 14.8 Å². The first kappa shape index (κ1) is 74.1. The van der Waals surface area contributed by atoms with E-state index in [9.17, 15) is 0 Å². The van der Waals surface area contributed by atoms with Gasteiger partial charge in [0.15, 0.2) is 0 Å². The fraction of sp³-hybridized carbons (Fsp3) is 0.217. The standard InChI is InChI=1S/3C13H11N.3C13H10.7C2H6/c3*1-14-12-8-4-2-6-10(12)11-7-3-5-9-13(11)14;3*1-3-7-12-10(5-1)9-11-6-2-4-8-13(11)12;7*1-2/h3*2-9H,1H3;3*1-8H,9H2;7*1-2H3. The molecule has 0 fully saturated rings. The van der Waals surface area contributed by atoms with E-state index in [1.807, 2.05) is 96.9 Å². The summed E-state index contributed by atoms with van der Waals surface area (Å²) >= 11 is 0. The predicted molar refractivity (Wildman–Crippen MR) is 425 cm³/mol. The van der Waals surface area contributed by atoms with Gasteiger partial charge in [-0.05, 0) is 122 Å². The number of hydrogen-bond acceptors (Lipinski definition) is 0. The molecule has 18 rings (SSSR count). The number of benzene rings is 12. The molecular weight excluding hydrogens is 1150 g/mol. The van der Waals surface area contributed by atoms with Gasteiger partial charge in [0.2, 0.25) is 0 Å². The molecule has 0 bridgehead atoms. The van der Waals surface area contributed by atoms with Crippen molar-refractivity contribution in [2.45, 2.75) is 116 Å². The summed E-state index contributed by atoms with van der Waals surface area (Å²) in [5, 5.41) is 8.03. The Labute approximate surface area is 571 Å². The van der Waals surface area contributed by atoms with E-state index in [2.05, 4.69) is 326 Å². The fourth-order valence-corrected chi connectivity index (χ4v) is 12.6. The molecular formula is C92H105N3. The van der Waals surface area contributed by atoms with Crippen molar-refractivity contribution in [1.82, 2.24) is 13.7 Å². The zero-order valence-corrected chi connectivity index (χ0v) is 60.2. The largest absolute Gasteiger partial charge is 0.344 e. The van der Waals surface area contributed by atoms with Crippen LogP contribution in [-0.4, -0.2) is 13.7 Å². The molecule has 3 heteroatoms. The lowest BCUT2D eigenvalue weighted by Crippen LogP contribution is -1.84. The van der Waals surface area contributed by atoms with Crippen molar-refractivity contribution in [3.05, 3.63) is 325 Å². The number of aromatic nitrogens is 3. The highest BCUT2D eigenvalue weighted by Gasteiger charge is 2.18. The van der Waals surface area contributed by atoms with E-state index < -0.39 is 0 Å². The average molecular weight is 1250 g/mol. The molecule has 3 aromatic heterocycles. The van der Waals surface area contributed by atoms with Gasteiger partial charge in [-0.3, -0.25) is 0 Å². The van der Waals surface area contributed by atoms with Crippen LogP contribution in [-0.2, 0) is 40.4 Å². The smallest absolute Gasteiger partial charge is 0.0488 e. The third-order valence-electron chi connectivity index (χ3n) is 16.6. The van der Waals surface area contributed by atoms with Gasteiger partial charge in [0.25, 0.3) is 0 Å². The second kappa shape index (κ2) is 38.9. The Kier molecular flexibility index (Phi) is 30.3. The average Bonchev–Trinajstić information content (AvgIpc) is 1.88. The van der Waals surface area contributed by atoms with E-state index in [4.69, 9.17) is 0 Å². The predicted octanol–water partition coefficient (Wildman–Crippen LogP) is 27.0. The molecule has 0 spiro atoms. The number of hydrogen-bond donors (Lipinski definition) is 0. The fourth-order valence-electron chi connectivity index (χ4n) is 12.6. The van der Waals surface area contributed by atoms with E-state index in [-0.39, 0.29) is 0 Å². The highest BCUT2D eigenvalue weighted by Crippen LogP contribution is 2.38. The van der Waals surface area contributed by atoms with Gasteiger partial charge >= 0.3 is 0 Å². The molecule has 0 saturated heterocycles. The van der Waals surface area contributed by atoms with Gasteiger partial charge in [0.05, 0.1) is 0 Å². The molecule has 0 radical (unpaired) electrons. The van der Waals surface area contributed by atoms with Gasteiger partial charge in [-0.15, -0.1) is 0 Å². The Morgan fingerprint density at radius 3 is 0.421 bits per heavy atom. The molecule has 0 unspecified atom stereocenters. The lowest BCUT2D eigenvalue weighted by atomic mass is 10.1. The molecule has 0 saturated carbocycles. The number of para-hydroxylation sites is 6. The quantitative estimate of drug-likeness (QED) is 0.144. The van der Waals surface area contributed by atoms with Gasteiger partial charge in [-0.2, -0.15) is 0 Å². The Balaban J connectivity index is 0.000000174.